The van der Waals surface area contributed by atoms with Crippen molar-refractivity contribution in [2.24, 2.45) is 0 Å². The predicted octanol–water partition coefficient (Wildman–Crippen LogP) is 9.20. The van der Waals surface area contributed by atoms with Gasteiger partial charge in [-0.25, -0.2) is 0 Å². The molecule has 0 saturated heterocycles. The number of hydrogen-bond donors (Lipinski definition) is 0. The van der Waals surface area contributed by atoms with Gasteiger partial charge in [0.15, 0.2) is 0 Å². The molecular formula is C38H32N2O2. The van der Waals surface area contributed by atoms with Crippen LogP contribution in [0.25, 0.3) is 22.6 Å². The van der Waals surface area contributed by atoms with Gasteiger partial charge in [-0.1, -0.05) is 109 Å². The van der Waals surface area contributed by atoms with E-state index in [1.807, 2.05) is 12.1 Å². The first-order chi connectivity index (χ1) is 20.8. The van der Waals surface area contributed by atoms with Gasteiger partial charge in [-0.15, -0.1) is 0 Å². The van der Waals surface area contributed by atoms with Crippen LogP contribution in [0.1, 0.15) is 22.7 Å². The van der Waals surface area contributed by atoms with Crippen molar-refractivity contribution in [3.8, 4) is 28.4 Å². The number of anilines is 2. The first-order valence-electron chi connectivity index (χ1n) is 14.3. The molecule has 5 aromatic carbocycles. The lowest BCUT2D eigenvalue weighted by molar-refractivity contribution is 0.415. The molecule has 0 radical (unpaired) electrons. The highest BCUT2D eigenvalue weighted by Crippen LogP contribution is 2.48. The van der Waals surface area contributed by atoms with Gasteiger partial charge in [0, 0.05) is 40.2 Å². The standard InChI is InChI=1S/C38H32N2O2/c1-41-33-24-22-31(23-25-33)39-26-34-35(36(28-14-6-2-7-15-28)40(27-39)32-20-12-5-13-21-32)38(30-18-10-4-11-19-30)42-37(34)29-16-8-3-9-17-29/h2-25,36H,26-27H2,1H3/t36-/m0/s1. The summed E-state index contributed by atoms with van der Waals surface area (Å²) in [6, 6.07) is 50.8. The molecule has 0 N–H and O–H groups in total. The lowest BCUT2D eigenvalue weighted by atomic mass is 9.90. The summed E-state index contributed by atoms with van der Waals surface area (Å²) in [6.45, 7) is 1.38. The number of nitrogens with zero attached hydrogens (tertiary/aromatic N) is 2. The van der Waals surface area contributed by atoms with E-state index in [2.05, 4.69) is 143 Å². The van der Waals surface area contributed by atoms with E-state index < -0.39 is 0 Å². The second kappa shape index (κ2) is 11.3. The van der Waals surface area contributed by atoms with Crippen molar-refractivity contribution >= 4 is 11.4 Å². The summed E-state index contributed by atoms with van der Waals surface area (Å²) in [4.78, 5) is 4.94. The molecule has 0 fully saturated rings. The van der Waals surface area contributed by atoms with Gasteiger partial charge in [-0.05, 0) is 42.0 Å². The molecule has 2 heterocycles. The Morgan fingerprint density at radius 2 is 1.14 bits per heavy atom. The number of fused-ring (bicyclic) bond motifs is 1. The molecule has 0 spiro atoms. The molecule has 1 aliphatic rings. The van der Waals surface area contributed by atoms with Crippen LogP contribution in [0, 0.1) is 0 Å². The summed E-state index contributed by atoms with van der Waals surface area (Å²) < 4.78 is 12.5. The molecule has 206 valence electrons. The van der Waals surface area contributed by atoms with E-state index >= 15 is 0 Å². The molecule has 0 amide bonds. The highest BCUT2D eigenvalue weighted by Gasteiger charge is 2.37. The zero-order valence-electron chi connectivity index (χ0n) is 23.6. The third-order valence-electron chi connectivity index (χ3n) is 8.02. The van der Waals surface area contributed by atoms with Gasteiger partial charge in [-0.2, -0.15) is 0 Å². The Morgan fingerprint density at radius 3 is 1.74 bits per heavy atom. The van der Waals surface area contributed by atoms with E-state index in [1.54, 1.807) is 7.11 Å². The van der Waals surface area contributed by atoms with Crippen LogP contribution in [0.2, 0.25) is 0 Å². The van der Waals surface area contributed by atoms with Crippen LogP contribution in [0.5, 0.6) is 5.75 Å². The molecule has 0 bridgehead atoms. The van der Waals surface area contributed by atoms with E-state index in [0.29, 0.717) is 13.2 Å². The lowest BCUT2D eigenvalue weighted by Crippen LogP contribution is -2.38. The predicted molar refractivity (Wildman–Crippen MR) is 171 cm³/mol. The van der Waals surface area contributed by atoms with Gasteiger partial charge in [0.05, 0.1) is 19.8 Å². The summed E-state index contributed by atoms with van der Waals surface area (Å²) in [7, 11) is 1.71. The van der Waals surface area contributed by atoms with Gasteiger partial charge in [0.2, 0.25) is 0 Å². The first-order valence-corrected chi connectivity index (χ1v) is 14.3. The Labute approximate surface area is 247 Å². The molecule has 1 aliphatic heterocycles. The van der Waals surface area contributed by atoms with E-state index in [9.17, 15) is 0 Å². The van der Waals surface area contributed by atoms with E-state index in [4.69, 9.17) is 9.15 Å². The molecule has 1 aromatic heterocycles. The number of benzene rings is 5. The molecule has 0 aliphatic carbocycles. The maximum absolute atomic E-state index is 6.98. The van der Waals surface area contributed by atoms with Gasteiger partial charge in [-0.3, -0.25) is 0 Å². The zero-order chi connectivity index (χ0) is 28.3. The van der Waals surface area contributed by atoms with Crippen LogP contribution in [0.3, 0.4) is 0 Å². The Bertz CT molecular complexity index is 1750. The Kier molecular flexibility index (Phi) is 6.95. The normalized spacial score (nSPS) is 14.7. The molecule has 6 aromatic rings. The van der Waals surface area contributed by atoms with Crippen LogP contribution in [0.4, 0.5) is 11.4 Å². The number of hydrogen-bond acceptors (Lipinski definition) is 4. The van der Waals surface area contributed by atoms with Crippen LogP contribution >= 0.6 is 0 Å². The largest absolute Gasteiger partial charge is 0.497 e. The third kappa shape index (κ3) is 4.82. The number of furan rings is 1. The number of rotatable bonds is 6. The van der Waals surface area contributed by atoms with E-state index in [0.717, 1.165) is 39.8 Å². The van der Waals surface area contributed by atoms with Crippen LogP contribution in [-0.4, -0.2) is 13.8 Å². The molecule has 0 unspecified atom stereocenters. The minimum atomic E-state index is -0.0803. The highest BCUT2D eigenvalue weighted by molar-refractivity contribution is 5.77. The molecule has 1 atom stereocenters. The average Bonchev–Trinajstić information content (AvgIpc) is 3.34. The molecule has 4 nitrogen and oxygen atoms in total. The topological polar surface area (TPSA) is 28.9 Å². The molecule has 7 rings (SSSR count). The molecule has 42 heavy (non-hydrogen) atoms. The average molecular weight is 549 g/mol. The van der Waals surface area contributed by atoms with E-state index in [1.165, 1.54) is 16.7 Å². The van der Waals surface area contributed by atoms with Crippen LogP contribution in [0.15, 0.2) is 150 Å². The van der Waals surface area contributed by atoms with Gasteiger partial charge in [0.25, 0.3) is 0 Å². The van der Waals surface area contributed by atoms with E-state index in [-0.39, 0.29) is 6.04 Å². The monoisotopic (exact) mass is 548 g/mol. The van der Waals surface area contributed by atoms with Crippen molar-refractivity contribution in [1.29, 1.82) is 0 Å². The maximum atomic E-state index is 6.98. The highest BCUT2D eigenvalue weighted by atomic mass is 16.5. The maximum Gasteiger partial charge on any atom is 0.140 e. The summed E-state index contributed by atoms with van der Waals surface area (Å²) in [5.41, 5.74) is 8.04. The summed E-state index contributed by atoms with van der Waals surface area (Å²) in [6.07, 6.45) is 0. The number of ether oxygens (including phenoxy) is 1. The first kappa shape index (κ1) is 25.7. The zero-order valence-corrected chi connectivity index (χ0v) is 23.6. The summed E-state index contributed by atoms with van der Waals surface area (Å²) in [5, 5.41) is 0. The Hall–Kier alpha value is -5.22. The SMILES string of the molecule is COc1ccc(N2Cc3c(-c4ccccc4)oc(-c4ccccc4)c3[C@H](c3ccccc3)N(c3ccccc3)C2)cc1. The minimum Gasteiger partial charge on any atom is -0.497 e. The lowest BCUT2D eigenvalue weighted by Gasteiger charge is -2.36. The van der Waals surface area contributed by atoms with Crippen LogP contribution in [-0.2, 0) is 6.54 Å². The van der Waals surface area contributed by atoms with Gasteiger partial charge < -0.3 is 19.0 Å². The van der Waals surface area contributed by atoms with Crippen LogP contribution < -0.4 is 14.5 Å². The fourth-order valence-corrected chi connectivity index (χ4v) is 6.01. The third-order valence-corrected chi connectivity index (χ3v) is 8.02. The van der Waals surface area contributed by atoms with Crippen molar-refractivity contribution in [3.05, 3.63) is 162 Å². The number of methoxy groups -OCH3 is 1. The van der Waals surface area contributed by atoms with Gasteiger partial charge in [0.1, 0.15) is 17.3 Å². The smallest absolute Gasteiger partial charge is 0.140 e. The number of para-hydroxylation sites is 1. The van der Waals surface area contributed by atoms with Crippen molar-refractivity contribution in [1.82, 2.24) is 0 Å². The fourth-order valence-electron chi connectivity index (χ4n) is 6.01. The molecular weight excluding hydrogens is 516 g/mol. The second-order valence-corrected chi connectivity index (χ2v) is 10.5. The van der Waals surface area contributed by atoms with Crippen molar-refractivity contribution < 1.29 is 9.15 Å². The molecule has 0 saturated carbocycles. The Morgan fingerprint density at radius 1 is 0.595 bits per heavy atom. The quantitative estimate of drug-likeness (QED) is 0.207. The van der Waals surface area contributed by atoms with Crippen molar-refractivity contribution in [2.75, 3.05) is 23.6 Å². The van der Waals surface area contributed by atoms with Crippen molar-refractivity contribution in [3.63, 3.8) is 0 Å². The molecule has 4 heteroatoms. The fraction of sp³-hybridized carbons (Fsp3) is 0.105. The van der Waals surface area contributed by atoms with Gasteiger partial charge >= 0.3 is 0 Å². The summed E-state index contributed by atoms with van der Waals surface area (Å²) >= 11 is 0. The summed E-state index contributed by atoms with van der Waals surface area (Å²) in [5.74, 6) is 2.67. The second-order valence-electron chi connectivity index (χ2n) is 10.5. The Balaban J connectivity index is 1.53. The minimum absolute atomic E-state index is 0.0803. The van der Waals surface area contributed by atoms with Crippen molar-refractivity contribution in [2.45, 2.75) is 12.6 Å².